The molecule has 4 radical (unpaired) electrons. The Bertz CT molecular complexity index is 358. The Morgan fingerprint density at radius 2 is 2.14 bits per heavy atom. The third-order valence-electron chi connectivity index (χ3n) is 1.71. The molecule has 0 fully saturated rings. The summed E-state index contributed by atoms with van der Waals surface area (Å²) >= 11 is -0.139. The van der Waals surface area contributed by atoms with Crippen molar-refractivity contribution in [3.8, 4) is 0 Å². The second kappa shape index (κ2) is 5.19. The first-order chi connectivity index (χ1) is 6.84. The van der Waals surface area contributed by atoms with Gasteiger partial charge in [-0.05, 0) is 0 Å². The summed E-state index contributed by atoms with van der Waals surface area (Å²) in [6.07, 6.45) is 1.65. The Balaban J connectivity index is 2.06. The maximum absolute atomic E-state index is 4.27. The van der Waals surface area contributed by atoms with Gasteiger partial charge in [-0.2, -0.15) is 0 Å². The van der Waals surface area contributed by atoms with Crippen LogP contribution in [0.15, 0.2) is 12.4 Å². The van der Waals surface area contributed by atoms with E-state index in [1.807, 2.05) is 14.0 Å². The minimum atomic E-state index is -0.139. The average Bonchev–Trinajstić information content (AvgIpc) is 2.19. The molecule has 0 unspecified atom stereocenters. The summed E-state index contributed by atoms with van der Waals surface area (Å²) in [5.74, 6) is 0. The molecule has 62 valence electrons. The van der Waals surface area contributed by atoms with Crippen LogP contribution in [0.1, 0.15) is 5.69 Å². The molecule has 0 saturated heterocycles. The van der Waals surface area contributed by atoms with Crippen molar-refractivity contribution in [1.82, 2.24) is 9.97 Å². The van der Waals surface area contributed by atoms with Gasteiger partial charge in [0.05, 0.1) is 0 Å². The van der Waals surface area contributed by atoms with Crippen molar-refractivity contribution in [3.63, 3.8) is 0 Å². The van der Waals surface area contributed by atoms with Crippen molar-refractivity contribution >= 4 is 38.5 Å². The molecular formula is C6H5B5IN2-. The summed E-state index contributed by atoms with van der Waals surface area (Å²) in [7, 11) is 8.34. The first kappa shape index (κ1) is 10.5. The topological polar surface area (TPSA) is 25.8 Å². The molecule has 1 aromatic rings. The van der Waals surface area contributed by atoms with Gasteiger partial charge in [0.15, 0.2) is 0 Å². The van der Waals surface area contributed by atoms with Crippen molar-refractivity contribution in [1.29, 1.82) is 0 Å². The SMILES string of the molecule is Cc1cc([I-]C2=B[B][B][B][B]2)ncn1. The van der Waals surface area contributed by atoms with Crippen molar-refractivity contribution in [3.05, 3.63) is 21.8 Å². The average molecular weight is 286 g/mol. The standard InChI is InChI=1S/C6H5B5IN2/c1-4-2-5(14-3-13-4)12-6-7-9-11-10-8-6/h2-3H,1H3/q-1. The third kappa shape index (κ3) is 3.00. The Morgan fingerprint density at radius 1 is 1.21 bits per heavy atom. The van der Waals surface area contributed by atoms with E-state index in [1.165, 1.54) is 7.07 Å². The van der Waals surface area contributed by atoms with E-state index in [9.17, 15) is 0 Å². The molecule has 14 heavy (non-hydrogen) atoms. The van der Waals surface area contributed by atoms with Crippen LogP contribution in [-0.2, 0) is 0 Å². The van der Waals surface area contributed by atoms with Gasteiger partial charge in [0.1, 0.15) is 0 Å². The molecule has 1 aromatic heterocycles. The summed E-state index contributed by atoms with van der Waals surface area (Å²) in [6.45, 7) is 4.16. The van der Waals surface area contributed by atoms with Crippen LogP contribution in [0.2, 0.25) is 0 Å². The molecule has 0 aromatic carbocycles. The van der Waals surface area contributed by atoms with Gasteiger partial charge in [0.2, 0.25) is 0 Å². The predicted octanol–water partition coefficient (Wildman–Crippen LogP) is -4.67. The fourth-order valence-corrected chi connectivity index (χ4v) is 3.35. The predicted molar refractivity (Wildman–Crippen MR) is 59.2 cm³/mol. The van der Waals surface area contributed by atoms with Crippen LogP contribution in [0.5, 0.6) is 0 Å². The molecule has 8 heteroatoms. The van der Waals surface area contributed by atoms with Crippen LogP contribution in [0.25, 0.3) is 0 Å². The molecule has 0 aliphatic carbocycles. The first-order valence-electron chi connectivity index (χ1n) is 4.33. The van der Waals surface area contributed by atoms with E-state index in [2.05, 4.69) is 44.1 Å². The molecule has 0 amide bonds. The van der Waals surface area contributed by atoms with Crippen LogP contribution in [0.4, 0.5) is 0 Å². The van der Waals surface area contributed by atoms with E-state index in [4.69, 9.17) is 0 Å². The number of aromatic nitrogens is 2. The van der Waals surface area contributed by atoms with Gasteiger partial charge in [-0.15, -0.1) is 0 Å². The quantitative estimate of drug-likeness (QED) is 0.310. The molecule has 0 atom stereocenters. The van der Waals surface area contributed by atoms with Crippen molar-refractivity contribution < 1.29 is 21.2 Å². The molecular weight excluding hydrogens is 281 g/mol. The molecule has 0 bridgehead atoms. The van der Waals surface area contributed by atoms with Crippen LogP contribution >= 0.6 is 0 Å². The molecule has 0 spiro atoms. The number of hydrogen-bond donors (Lipinski definition) is 0. The van der Waals surface area contributed by atoms with Crippen LogP contribution < -0.4 is 21.2 Å². The van der Waals surface area contributed by atoms with Gasteiger partial charge < -0.3 is 0 Å². The zero-order chi connectivity index (χ0) is 9.80. The normalized spacial score (nSPS) is 13.9. The summed E-state index contributed by atoms with van der Waals surface area (Å²) < 4.78 is 2.58. The van der Waals surface area contributed by atoms with E-state index >= 15 is 0 Å². The molecule has 2 heterocycles. The van der Waals surface area contributed by atoms with Gasteiger partial charge in [0, 0.05) is 0 Å². The van der Waals surface area contributed by atoms with E-state index in [1.54, 1.807) is 6.33 Å². The zero-order valence-corrected chi connectivity index (χ0v) is 9.97. The monoisotopic (exact) mass is 287 g/mol. The van der Waals surface area contributed by atoms with Crippen molar-refractivity contribution in [2.45, 2.75) is 6.92 Å². The van der Waals surface area contributed by atoms with Crippen molar-refractivity contribution in [2.75, 3.05) is 0 Å². The second-order valence-electron chi connectivity index (χ2n) is 2.87. The van der Waals surface area contributed by atoms with Crippen LogP contribution in [0, 0.1) is 10.6 Å². The van der Waals surface area contributed by atoms with E-state index in [0.717, 1.165) is 5.69 Å². The number of aryl methyl sites for hydroxylation is 1. The second-order valence-corrected chi connectivity index (χ2v) is 5.76. The number of nitrogens with zero attached hydrogens (tertiary/aromatic N) is 2. The Hall–Kier alpha value is 0.00468. The van der Waals surface area contributed by atoms with Crippen molar-refractivity contribution in [2.24, 2.45) is 0 Å². The van der Waals surface area contributed by atoms with Crippen LogP contribution in [-0.4, -0.2) is 48.5 Å². The van der Waals surface area contributed by atoms with E-state index in [-0.39, 0.29) is 21.2 Å². The number of halogens is 1. The van der Waals surface area contributed by atoms with Gasteiger partial charge in [-0.3, -0.25) is 0 Å². The zero-order valence-electron chi connectivity index (χ0n) is 7.81. The molecule has 1 aliphatic heterocycles. The summed E-state index contributed by atoms with van der Waals surface area (Å²) in [5.41, 5.74) is 1.05. The Morgan fingerprint density at radius 3 is 2.86 bits per heavy atom. The Labute approximate surface area is 98.1 Å². The summed E-state index contributed by atoms with van der Waals surface area (Å²) in [5, 5.41) is 0. The number of hydrogen-bond acceptors (Lipinski definition) is 2. The minimum absolute atomic E-state index is 0.139. The number of rotatable bonds is 2. The molecule has 2 rings (SSSR count). The van der Waals surface area contributed by atoms with Crippen LogP contribution in [0.3, 0.4) is 0 Å². The van der Waals surface area contributed by atoms with E-state index < -0.39 is 0 Å². The van der Waals surface area contributed by atoms with Gasteiger partial charge in [0.25, 0.3) is 0 Å². The maximum atomic E-state index is 4.27. The summed E-state index contributed by atoms with van der Waals surface area (Å²) in [6, 6.07) is 2.07. The van der Waals surface area contributed by atoms with E-state index in [0.29, 0.717) is 0 Å². The molecule has 1 aliphatic rings. The molecule has 0 N–H and O–H groups in total. The van der Waals surface area contributed by atoms with Gasteiger partial charge in [-0.1, -0.05) is 0 Å². The Kier molecular flexibility index (Phi) is 3.90. The molecule has 0 saturated carbocycles. The first-order valence-corrected chi connectivity index (χ1v) is 6.49. The fourth-order valence-electron chi connectivity index (χ4n) is 1.06. The summed E-state index contributed by atoms with van der Waals surface area (Å²) in [4.78, 5) is 8.36. The third-order valence-corrected chi connectivity index (χ3v) is 4.19. The molecule has 2 nitrogen and oxygen atoms in total. The fraction of sp³-hybridized carbons (Fsp3) is 0.167. The van der Waals surface area contributed by atoms with Gasteiger partial charge >= 0.3 is 98.4 Å². The van der Waals surface area contributed by atoms with Gasteiger partial charge in [-0.25, -0.2) is 0 Å².